The maximum Gasteiger partial charge on any atom is 0.261 e. The average molecular weight is 406 g/mol. The molecule has 1 aliphatic rings. The fourth-order valence-electron chi connectivity index (χ4n) is 3.81. The van der Waals surface area contributed by atoms with E-state index >= 15 is 0 Å². The molecule has 1 atom stereocenters. The topological polar surface area (TPSA) is 81.3 Å². The standard InChI is InChI=1S/C23H23FN4O2/c24-19-11-5-4-10-17(19)18-14-26-23(25)27-22(18)20-12-6-7-13-28(20)21(29)15-30-16-8-2-1-3-9-16/h1-5,8-11,14,20H,6-7,12-13,15H2,(H2,25,26,27). The zero-order chi connectivity index (χ0) is 20.9. The van der Waals surface area contributed by atoms with Crippen molar-refractivity contribution in [3.05, 3.63) is 72.3 Å². The number of hydrogen-bond acceptors (Lipinski definition) is 5. The lowest BCUT2D eigenvalue weighted by Crippen LogP contribution is -2.41. The molecule has 1 aliphatic heterocycles. The third kappa shape index (κ3) is 4.25. The molecule has 6 nitrogen and oxygen atoms in total. The first-order chi connectivity index (χ1) is 14.6. The molecule has 2 aromatic carbocycles. The SMILES string of the molecule is Nc1ncc(-c2ccccc2F)c(C2CCCCN2C(=O)COc2ccccc2)n1. The quantitative estimate of drug-likeness (QED) is 0.693. The summed E-state index contributed by atoms with van der Waals surface area (Å²) in [7, 11) is 0. The number of amides is 1. The number of carbonyl (C=O) groups excluding carboxylic acids is 1. The van der Waals surface area contributed by atoms with Gasteiger partial charge in [-0.2, -0.15) is 0 Å². The summed E-state index contributed by atoms with van der Waals surface area (Å²) in [5.41, 5.74) is 7.38. The molecule has 7 heteroatoms. The minimum atomic E-state index is -0.367. The molecule has 0 saturated carbocycles. The lowest BCUT2D eigenvalue weighted by molar-refractivity contribution is -0.137. The van der Waals surface area contributed by atoms with E-state index in [1.807, 2.05) is 30.3 Å². The van der Waals surface area contributed by atoms with Crippen molar-refractivity contribution in [2.75, 3.05) is 18.9 Å². The van der Waals surface area contributed by atoms with E-state index in [0.29, 0.717) is 29.1 Å². The molecule has 1 saturated heterocycles. The van der Waals surface area contributed by atoms with E-state index in [1.54, 1.807) is 23.1 Å². The van der Waals surface area contributed by atoms with Gasteiger partial charge in [-0.3, -0.25) is 4.79 Å². The Bertz CT molecular complexity index is 1030. The number of nitrogen functional groups attached to an aromatic ring is 1. The van der Waals surface area contributed by atoms with Crippen LogP contribution in [0.4, 0.5) is 10.3 Å². The first-order valence-electron chi connectivity index (χ1n) is 9.98. The van der Waals surface area contributed by atoms with Gasteiger partial charge in [0.05, 0.1) is 11.7 Å². The van der Waals surface area contributed by atoms with Gasteiger partial charge in [0.1, 0.15) is 11.6 Å². The number of para-hydroxylation sites is 1. The van der Waals surface area contributed by atoms with Crippen LogP contribution in [0.1, 0.15) is 31.0 Å². The van der Waals surface area contributed by atoms with Crippen LogP contribution in [-0.2, 0) is 4.79 Å². The van der Waals surface area contributed by atoms with Crippen LogP contribution >= 0.6 is 0 Å². The average Bonchev–Trinajstić information content (AvgIpc) is 2.79. The first-order valence-corrected chi connectivity index (χ1v) is 9.98. The fourth-order valence-corrected chi connectivity index (χ4v) is 3.81. The lowest BCUT2D eigenvalue weighted by Gasteiger charge is -2.36. The predicted octanol–water partition coefficient (Wildman–Crippen LogP) is 4.00. The Hall–Kier alpha value is -3.48. The van der Waals surface area contributed by atoms with Crippen LogP contribution in [0.15, 0.2) is 60.8 Å². The number of hydrogen-bond donors (Lipinski definition) is 1. The molecule has 4 rings (SSSR count). The van der Waals surface area contributed by atoms with Gasteiger partial charge in [-0.1, -0.05) is 36.4 Å². The van der Waals surface area contributed by atoms with Gasteiger partial charge in [-0.05, 0) is 37.5 Å². The normalized spacial score (nSPS) is 16.3. The number of nitrogens with zero attached hydrogens (tertiary/aromatic N) is 3. The molecule has 30 heavy (non-hydrogen) atoms. The zero-order valence-electron chi connectivity index (χ0n) is 16.5. The van der Waals surface area contributed by atoms with Gasteiger partial charge >= 0.3 is 0 Å². The van der Waals surface area contributed by atoms with Crippen molar-refractivity contribution >= 4 is 11.9 Å². The van der Waals surface area contributed by atoms with Gasteiger partial charge in [0.15, 0.2) is 6.61 Å². The number of benzene rings is 2. The van der Waals surface area contributed by atoms with Crippen LogP contribution in [0.2, 0.25) is 0 Å². The van der Waals surface area contributed by atoms with Crippen LogP contribution in [0.25, 0.3) is 11.1 Å². The second-order valence-electron chi connectivity index (χ2n) is 7.21. The maximum absolute atomic E-state index is 14.5. The summed E-state index contributed by atoms with van der Waals surface area (Å²) >= 11 is 0. The van der Waals surface area contributed by atoms with E-state index in [0.717, 1.165) is 19.3 Å². The van der Waals surface area contributed by atoms with Gasteiger partial charge in [-0.25, -0.2) is 14.4 Å². The number of carbonyl (C=O) groups is 1. The second kappa shape index (κ2) is 8.90. The Morgan fingerprint density at radius 1 is 1.10 bits per heavy atom. The Balaban J connectivity index is 1.63. The van der Waals surface area contributed by atoms with Crippen molar-refractivity contribution < 1.29 is 13.9 Å². The zero-order valence-corrected chi connectivity index (χ0v) is 16.5. The summed E-state index contributed by atoms with van der Waals surface area (Å²) in [6, 6.07) is 15.4. The van der Waals surface area contributed by atoms with Crippen molar-refractivity contribution in [1.82, 2.24) is 14.9 Å². The number of aromatic nitrogens is 2. The second-order valence-corrected chi connectivity index (χ2v) is 7.21. The van der Waals surface area contributed by atoms with Crippen LogP contribution in [0, 0.1) is 5.82 Å². The molecule has 1 fully saturated rings. The van der Waals surface area contributed by atoms with Gasteiger partial charge in [0.25, 0.3) is 5.91 Å². The molecular weight excluding hydrogens is 383 g/mol. The molecule has 2 heterocycles. The number of piperidine rings is 1. The third-order valence-electron chi connectivity index (χ3n) is 5.25. The Kier molecular flexibility index (Phi) is 5.88. The molecule has 0 radical (unpaired) electrons. The predicted molar refractivity (Wildman–Crippen MR) is 112 cm³/mol. The first kappa shape index (κ1) is 19.8. The number of rotatable bonds is 5. The van der Waals surface area contributed by atoms with Crippen LogP contribution in [-0.4, -0.2) is 33.9 Å². The Morgan fingerprint density at radius 2 is 1.87 bits per heavy atom. The summed E-state index contributed by atoms with van der Waals surface area (Å²) in [5, 5.41) is 0. The summed E-state index contributed by atoms with van der Waals surface area (Å²) < 4.78 is 20.2. The van der Waals surface area contributed by atoms with Gasteiger partial charge in [0.2, 0.25) is 5.95 Å². The molecule has 3 aromatic rings. The minimum absolute atomic E-state index is 0.0733. The van der Waals surface area contributed by atoms with Crippen molar-refractivity contribution in [3.8, 4) is 16.9 Å². The van der Waals surface area contributed by atoms with Gasteiger partial charge in [0, 0.05) is 23.9 Å². The van der Waals surface area contributed by atoms with E-state index in [9.17, 15) is 9.18 Å². The number of anilines is 1. The molecule has 0 aliphatic carbocycles. The lowest BCUT2D eigenvalue weighted by atomic mass is 9.93. The summed E-state index contributed by atoms with van der Waals surface area (Å²) in [6.07, 6.45) is 4.08. The number of likely N-dealkylation sites (tertiary alicyclic amines) is 1. The van der Waals surface area contributed by atoms with Crippen molar-refractivity contribution in [2.45, 2.75) is 25.3 Å². The van der Waals surface area contributed by atoms with Crippen LogP contribution in [0.5, 0.6) is 5.75 Å². The Morgan fingerprint density at radius 3 is 2.67 bits per heavy atom. The van der Waals surface area contributed by atoms with Crippen LogP contribution in [0.3, 0.4) is 0 Å². The number of nitrogens with two attached hydrogens (primary N) is 1. The molecule has 1 amide bonds. The highest BCUT2D eigenvalue weighted by Gasteiger charge is 2.32. The summed E-state index contributed by atoms with van der Waals surface area (Å²) in [4.78, 5) is 23.3. The van der Waals surface area contributed by atoms with Crippen molar-refractivity contribution in [1.29, 1.82) is 0 Å². The molecule has 154 valence electrons. The van der Waals surface area contributed by atoms with E-state index < -0.39 is 0 Å². The third-order valence-corrected chi connectivity index (χ3v) is 5.25. The van der Waals surface area contributed by atoms with E-state index in [-0.39, 0.29) is 30.3 Å². The maximum atomic E-state index is 14.5. The molecule has 0 bridgehead atoms. The van der Waals surface area contributed by atoms with E-state index in [1.165, 1.54) is 12.3 Å². The molecule has 0 spiro atoms. The molecular formula is C23H23FN4O2. The highest BCUT2D eigenvalue weighted by molar-refractivity contribution is 5.79. The Labute approximate surface area is 174 Å². The fraction of sp³-hybridized carbons (Fsp3) is 0.261. The van der Waals surface area contributed by atoms with Gasteiger partial charge in [-0.15, -0.1) is 0 Å². The minimum Gasteiger partial charge on any atom is -0.484 e. The van der Waals surface area contributed by atoms with E-state index in [4.69, 9.17) is 10.5 Å². The highest BCUT2D eigenvalue weighted by atomic mass is 19.1. The van der Waals surface area contributed by atoms with E-state index in [2.05, 4.69) is 9.97 Å². The summed E-state index contributed by atoms with van der Waals surface area (Å²) in [5.74, 6) is 0.231. The largest absolute Gasteiger partial charge is 0.484 e. The smallest absolute Gasteiger partial charge is 0.261 e. The number of ether oxygens (including phenoxy) is 1. The molecule has 1 unspecified atom stereocenters. The monoisotopic (exact) mass is 406 g/mol. The summed E-state index contributed by atoms with van der Waals surface area (Å²) in [6.45, 7) is 0.512. The highest BCUT2D eigenvalue weighted by Crippen LogP contribution is 2.36. The van der Waals surface area contributed by atoms with Crippen molar-refractivity contribution in [2.24, 2.45) is 0 Å². The number of halogens is 1. The van der Waals surface area contributed by atoms with Gasteiger partial charge < -0.3 is 15.4 Å². The molecule has 2 N–H and O–H groups in total. The van der Waals surface area contributed by atoms with Crippen LogP contribution < -0.4 is 10.5 Å². The molecule has 1 aromatic heterocycles. The van der Waals surface area contributed by atoms with Crippen molar-refractivity contribution in [3.63, 3.8) is 0 Å².